The molecule has 1 atom stereocenters. The molecule has 1 aliphatic heterocycles. The summed E-state index contributed by atoms with van der Waals surface area (Å²) in [6.07, 6.45) is 0.853. The largest absolute Gasteiger partial charge is 0.360 e. The molecule has 0 saturated carbocycles. The SMILES string of the molecule is CN1C(=O)CN(c2ccccc2)CC1CCN. The number of likely N-dealkylation sites (N-methyl/N-ethyl adjacent to an activating group) is 1. The fourth-order valence-electron chi connectivity index (χ4n) is 2.23. The number of rotatable bonds is 3. The van der Waals surface area contributed by atoms with E-state index < -0.39 is 0 Å². The van der Waals surface area contributed by atoms with Crippen LogP contribution in [0.25, 0.3) is 0 Å². The van der Waals surface area contributed by atoms with Gasteiger partial charge in [-0.1, -0.05) is 18.2 Å². The highest BCUT2D eigenvalue weighted by Gasteiger charge is 2.29. The number of para-hydroxylation sites is 1. The highest BCUT2D eigenvalue weighted by atomic mass is 16.2. The van der Waals surface area contributed by atoms with Gasteiger partial charge in [-0.25, -0.2) is 0 Å². The Hall–Kier alpha value is -1.55. The normalized spacial score (nSPS) is 20.8. The van der Waals surface area contributed by atoms with Gasteiger partial charge in [0.15, 0.2) is 0 Å². The molecular formula is C13H19N3O. The quantitative estimate of drug-likeness (QED) is 0.835. The summed E-state index contributed by atoms with van der Waals surface area (Å²) in [7, 11) is 1.87. The highest BCUT2D eigenvalue weighted by molar-refractivity contribution is 5.83. The maximum atomic E-state index is 11.9. The Balaban J connectivity index is 2.13. The van der Waals surface area contributed by atoms with Gasteiger partial charge >= 0.3 is 0 Å². The van der Waals surface area contributed by atoms with Crippen LogP contribution in [-0.2, 0) is 4.79 Å². The van der Waals surface area contributed by atoms with Crippen LogP contribution in [0.5, 0.6) is 0 Å². The topological polar surface area (TPSA) is 49.6 Å². The van der Waals surface area contributed by atoms with Gasteiger partial charge < -0.3 is 15.5 Å². The molecule has 4 nitrogen and oxygen atoms in total. The fourth-order valence-corrected chi connectivity index (χ4v) is 2.23. The number of hydrogen-bond acceptors (Lipinski definition) is 3. The molecule has 4 heteroatoms. The van der Waals surface area contributed by atoms with Crippen molar-refractivity contribution < 1.29 is 4.79 Å². The van der Waals surface area contributed by atoms with Crippen molar-refractivity contribution in [2.75, 3.05) is 31.6 Å². The van der Waals surface area contributed by atoms with E-state index in [9.17, 15) is 4.79 Å². The summed E-state index contributed by atoms with van der Waals surface area (Å²) in [5.74, 6) is 0.165. The first-order valence-corrected chi connectivity index (χ1v) is 5.98. The molecule has 0 spiro atoms. The van der Waals surface area contributed by atoms with Gasteiger partial charge in [0.25, 0.3) is 0 Å². The Bertz CT molecular complexity index is 380. The van der Waals surface area contributed by atoms with Crippen molar-refractivity contribution in [1.82, 2.24) is 4.90 Å². The number of carbonyl (C=O) groups excluding carboxylic acids is 1. The minimum Gasteiger partial charge on any atom is -0.360 e. The number of piperazine rings is 1. The summed E-state index contributed by atoms with van der Waals surface area (Å²) in [6.45, 7) is 1.94. The zero-order chi connectivity index (χ0) is 12.3. The van der Waals surface area contributed by atoms with Gasteiger partial charge in [0, 0.05) is 19.3 Å². The third kappa shape index (κ3) is 2.58. The van der Waals surface area contributed by atoms with Crippen molar-refractivity contribution in [3.05, 3.63) is 30.3 Å². The number of nitrogens with zero attached hydrogens (tertiary/aromatic N) is 2. The number of benzene rings is 1. The number of hydrogen-bond donors (Lipinski definition) is 1. The van der Waals surface area contributed by atoms with Gasteiger partial charge in [0.2, 0.25) is 5.91 Å². The first-order chi connectivity index (χ1) is 8.22. The second kappa shape index (κ2) is 5.19. The maximum absolute atomic E-state index is 11.9. The van der Waals surface area contributed by atoms with Crippen molar-refractivity contribution in [2.45, 2.75) is 12.5 Å². The second-order valence-electron chi connectivity index (χ2n) is 4.45. The molecule has 1 amide bonds. The van der Waals surface area contributed by atoms with Crippen LogP contribution in [0.1, 0.15) is 6.42 Å². The Labute approximate surface area is 102 Å². The van der Waals surface area contributed by atoms with E-state index >= 15 is 0 Å². The molecule has 2 rings (SSSR count). The highest BCUT2D eigenvalue weighted by Crippen LogP contribution is 2.19. The zero-order valence-electron chi connectivity index (χ0n) is 10.2. The monoisotopic (exact) mass is 233 g/mol. The van der Waals surface area contributed by atoms with Crippen LogP contribution in [0, 0.1) is 0 Å². The van der Waals surface area contributed by atoms with E-state index in [0.717, 1.165) is 18.7 Å². The lowest BCUT2D eigenvalue weighted by molar-refractivity contribution is -0.132. The molecule has 2 N–H and O–H groups in total. The van der Waals surface area contributed by atoms with Crippen molar-refractivity contribution in [2.24, 2.45) is 5.73 Å². The summed E-state index contributed by atoms with van der Waals surface area (Å²) in [5.41, 5.74) is 6.70. The first-order valence-electron chi connectivity index (χ1n) is 5.98. The van der Waals surface area contributed by atoms with Crippen LogP contribution < -0.4 is 10.6 Å². The fraction of sp³-hybridized carbons (Fsp3) is 0.462. The van der Waals surface area contributed by atoms with Crippen LogP contribution in [0.3, 0.4) is 0 Å². The summed E-state index contributed by atoms with van der Waals surface area (Å²) in [6, 6.07) is 10.3. The minimum atomic E-state index is 0.165. The lowest BCUT2D eigenvalue weighted by Crippen LogP contribution is -2.55. The molecule has 1 aromatic carbocycles. The Morgan fingerprint density at radius 3 is 2.71 bits per heavy atom. The summed E-state index contributed by atoms with van der Waals surface area (Å²) < 4.78 is 0. The van der Waals surface area contributed by atoms with Crippen LogP contribution >= 0.6 is 0 Å². The van der Waals surface area contributed by atoms with E-state index in [1.54, 1.807) is 0 Å². The standard InChI is InChI=1S/C13H19N3O/c1-15-12(7-8-14)9-16(10-13(15)17)11-5-3-2-4-6-11/h2-6,12H,7-10,14H2,1H3. The Morgan fingerprint density at radius 1 is 1.35 bits per heavy atom. The molecule has 0 aromatic heterocycles. The van der Waals surface area contributed by atoms with Crippen molar-refractivity contribution in [3.63, 3.8) is 0 Å². The lowest BCUT2D eigenvalue weighted by atomic mass is 10.1. The van der Waals surface area contributed by atoms with E-state index in [4.69, 9.17) is 5.73 Å². The van der Waals surface area contributed by atoms with Gasteiger partial charge in [-0.2, -0.15) is 0 Å². The third-order valence-corrected chi connectivity index (χ3v) is 3.32. The summed E-state index contributed by atoms with van der Waals surface area (Å²) >= 11 is 0. The second-order valence-corrected chi connectivity index (χ2v) is 4.45. The van der Waals surface area contributed by atoms with Crippen LogP contribution in [0.15, 0.2) is 30.3 Å². The predicted molar refractivity (Wildman–Crippen MR) is 68.9 cm³/mol. The molecule has 1 fully saturated rings. The third-order valence-electron chi connectivity index (χ3n) is 3.32. The molecule has 17 heavy (non-hydrogen) atoms. The van der Waals surface area contributed by atoms with E-state index in [-0.39, 0.29) is 11.9 Å². The minimum absolute atomic E-state index is 0.165. The summed E-state index contributed by atoms with van der Waals surface area (Å²) in [4.78, 5) is 15.9. The van der Waals surface area contributed by atoms with Crippen molar-refractivity contribution >= 4 is 11.6 Å². The number of anilines is 1. The molecule has 0 aliphatic carbocycles. The molecule has 92 valence electrons. The first kappa shape index (κ1) is 11.9. The van der Waals surface area contributed by atoms with Crippen LogP contribution in [0.2, 0.25) is 0 Å². The molecule has 1 saturated heterocycles. The molecule has 1 aliphatic rings. The molecule has 0 bridgehead atoms. The van der Waals surface area contributed by atoms with Gasteiger partial charge in [-0.05, 0) is 25.1 Å². The number of carbonyl (C=O) groups is 1. The molecule has 0 radical (unpaired) electrons. The van der Waals surface area contributed by atoms with Crippen LogP contribution in [-0.4, -0.2) is 43.5 Å². The van der Waals surface area contributed by atoms with Gasteiger partial charge in [0.1, 0.15) is 0 Å². The predicted octanol–water partition coefficient (Wildman–Crippen LogP) is 0.682. The maximum Gasteiger partial charge on any atom is 0.242 e. The van der Waals surface area contributed by atoms with Crippen molar-refractivity contribution in [1.29, 1.82) is 0 Å². The van der Waals surface area contributed by atoms with E-state index in [1.807, 2.05) is 42.3 Å². The average Bonchev–Trinajstić information content (AvgIpc) is 2.36. The smallest absolute Gasteiger partial charge is 0.242 e. The molecule has 1 heterocycles. The molecule has 1 aromatic rings. The van der Waals surface area contributed by atoms with Gasteiger partial charge in [-0.15, -0.1) is 0 Å². The van der Waals surface area contributed by atoms with Crippen LogP contribution in [0.4, 0.5) is 5.69 Å². The van der Waals surface area contributed by atoms with E-state index in [0.29, 0.717) is 13.1 Å². The lowest BCUT2D eigenvalue weighted by Gasteiger charge is -2.40. The average molecular weight is 233 g/mol. The molecule has 1 unspecified atom stereocenters. The number of nitrogens with two attached hydrogens (primary N) is 1. The Morgan fingerprint density at radius 2 is 2.06 bits per heavy atom. The van der Waals surface area contributed by atoms with Crippen molar-refractivity contribution in [3.8, 4) is 0 Å². The Kier molecular flexibility index (Phi) is 3.64. The number of amides is 1. The summed E-state index contributed by atoms with van der Waals surface area (Å²) in [5, 5.41) is 0. The molecular weight excluding hydrogens is 214 g/mol. The zero-order valence-corrected chi connectivity index (χ0v) is 10.2. The van der Waals surface area contributed by atoms with Gasteiger partial charge in [0.05, 0.1) is 12.6 Å². The van der Waals surface area contributed by atoms with E-state index in [2.05, 4.69) is 4.90 Å². The van der Waals surface area contributed by atoms with E-state index in [1.165, 1.54) is 0 Å². The van der Waals surface area contributed by atoms with Gasteiger partial charge in [-0.3, -0.25) is 4.79 Å².